The fraction of sp³-hybridized carbons (Fsp3) is 0.533. The molecule has 3 nitrogen and oxygen atoms in total. The lowest BCUT2D eigenvalue weighted by Gasteiger charge is -2.20. The highest BCUT2D eigenvalue weighted by Gasteiger charge is 2.21. The molecule has 1 fully saturated rings. The summed E-state index contributed by atoms with van der Waals surface area (Å²) in [6, 6.07) is 7.88. The van der Waals surface area contributed by atoms with Crippen molar-refractivity contribution in [1.82, 2.24) is 0 Å². The molecule has 1 heterocycles. The van der Waals surface area contributed by atoms with E-state index >= 15 is 0 Å². The summed E-state index contributed by atoms with van der Waals surface area (Å²) in [4.78, 5) is 11.9. The molecule has 1 aliphatic heterocycles. The van der Waals surface area contributed by atoms with Gasteiger partial charge in [-0.05, 0) is 37.5 Å². The predicted molar refractivity (Wildman–Crippen MR) is 69.8 cm³/mol. The number of rotatable bonds is 5. The van der Waals surface area contributed by atoms with Crippen molar-refractivity contribution in [3.8, 4) is 5.75 Å². The maximum Gasteiger partial charge on any atom is 0.141 e. The summed E-state index contributed by atoms with van der Waals surface area (Å²) in [6.07, 6.45) is 2.43. The van der Waals surface area contributed by atoms with Crippen molar-refractivity contribution in [3.63, 3.8) is 0 Å². The monoisotopic (exact) mass is 248 g/mol. The largest absolute Gasteiger partial charge is 0.493 e. The van der Waals surface area contributed by atoms with E-state index < -0.39 is 0 Å². The zero-order valence-corrected chi connectivity index (χ0v) is 10.9. The molecule has 1 aromatic rings. The molecule has 3 heteroatoms. The third-order valence-corrected chi connectivity index (χ3v) is 3.22. The molecule has 1 aromatic carbocycles. The molecule has 1 saturated heterocycles. The number of aryl methyl sites for hydroxylation is 1. The van der Waals surface area contributed by atoms with Crippen molar-refractivity contribution in [2.45, 2.75) is 26.2 Å². The Bertz CT molecular complexity index is 394. The van der Waals surface area contributed by atoms with E-state index in [9.17, 15) is 4.79 Å². The Hall–Kier alpha value is -1.35. The normalized spacial score (nSPS) is 19.5. The van der Waals surface area contributed by atoms with E-state index in [1.165, 1.54) is 5.56 Å². The number of carbonyl (C=O) groups is 1. The first-order chi connectivity index (χ1) is 8.75. The van der Waals surface area contributed by atoms with Gasteiger partial charge < -0.3 is 9.47 Å². The molecule has 1 aliphatic rings. The first kappa shape index (κ1) is 13.1. The van der Waals surface area contributed by atoms with Crippen LogP contribution in [-0.4, -0.2) is 25.6 Å². The van der Waals surface area contributed by atoms with Gasteiger partial charge in [0, 0.05) is 18.9 Å². The number of ether oxygens (including phenoxy) is 2. The molecule has 0 amide bonds. The zero-order valence-electron chi connectivity index (χ0n) is 10.9. The molecular weight excluding hydrogens is 228 g/mol. The number of carbonyl (C=O) groups excluding carboxylic acids is 1. The Morgan fingerprint density at radius 2 is 2.39 bits per heavy atom. The van der Waals surface area contributed by atoms with E-state index in [0.717, 1.165) is 25.2 Å². The summed E-state index contributed by atoms with van der Waals surface area (Å²) >= 11 is 0. The number of ketones is 1. The Kier molecular flexibility index (Phi) is 4.76. The van der Waals surface area contributed by atoms with Crippen molar-refractivity contribution in [2.24, 2.45) is 5.92 Å². The minimum atomic E-state index is 0.0832. The van der Waals surface area contributed by atoms with Crippen molar-refractivity contribution in [2.75, 3.05) is 19.8 Å². The Labute approximate surface area is 108 Å². The third-order valence-electron chi connectivity index (χ3n) is 3.22. The molecule has 0 N–H and O–H groups in total. The first-order valence-electron chi connectivity index (χ1n) is 6.55. The summed E-state index contributed by atoms with van der Waals surface area (Å²) in [5.41, 5.74) is 1.17. The predicted octanol–water partition coefficient (Wildman–Crippen LogP) is 2.76. The van der Waals surface area contributed by atoms with Gasteiger partial charge in [0.15, 0.2) is 0 Å². The van der Waals surface area contributed by atoms with Gasteiger partial charge in [-0.2, -0.15) is 0 Å². The van der Waals surface area contributed by atoms with E-state index in [-0.39, 0.29) is 11.7 Å². The Balaban J connectivity index is 1.73. The smallest absolute Gasteiger partial charge is 0.141 e. The van der Waals surface area contributed by atoms with Crippen LogP contribution in [-0.2, 0) is 9.53 Å². The molecule has 1 unspecified atom stereocenters. The topological polar surface area (TPSA) is 35.5 Å². The molecule has 0 saturated carbocycles. The lowest BCUT2D eigenvalue weighted by Crippen LogP contribution is -2.26. The lowest BCUT2D eigenvalue weighted by atomic mass is 9.96. The van der Waals surface area contributed by atoms with Crippen LogP contribution in [0.4, 0.5) is 0 Å². The highest BCUT2D eigenvalue weighted by atomic mass is 16.5. The molecule has 0 aromatic heterocycles. The van der Waals surface area contributed by atoms with Gasteiger partial charge in [-0.15, -0.1) is 0 Å². The molecule has 0 aliphatic carbocycles. The number of benzene rings is 1. The summed E-state index contributed by atoms with van der Waals surface area (Å²) in [5.74, 6) is 1.19. The van der Waals surface area contributed by atoms with Gasteiger partial charge in [-0.25, -0.2) is 0 Å². The molecule has 0 spiro atoms. The molecule has 2 rings (SSSR count). The molecule has 1 atom stereocenters. The highest BCUT2D eigenvalue weighted by molar-refractivity contribution is 5.81. The Morgan fingerprint density at radius 1 is 1.50 bits per heavy atom. The van der Waals surface area contributed by atoms with Crippen molar-refractivity contribution >= 4 is 5.78 Å². The van der Waals surface area contributed by atoms with Gasteiger partial charge in [0.25, 0.3) is 0 Å². The van der Waals surface area contributed by atoms with Crippen molar-refractivity contribution in [1.29, 1.82) is 0 Å². The lowest BCUT2D eigenvalue weighted by molar-refractivity contribution is -0.127. The van der Waals surface area contributed by atoms with Crippen LogP contribution in [0.3, 0.4) is 0 Å². The van der Waals surface area contributed by atoms with Gasteiger partial charge >= 0.3 is 0 Å². The van der Waals surface area contributed by atoms with Crippen LogP contribution >= 0.6 is 0 Å². The zero-order chi connectivity index (χ0) is 12.8. The van der Waals surface area contributed by atoms with Crippen LogP contribution in [0.25, 0.3) is 0 Å². The average Bonchev–Trinajstić information content (AvgIpc) is 2.40. The van der Waals surface area contributed by atoms with Crippen LogP contribution in [0.2, 0.25) is 0 Å². The average molecular weight is 248 g/mol. The quantitative estimate of drug-likeness (QED) is 0.803. The maximum absolute atomic E-state index is 11.9. The molecule has 0 bridgehead atoms. The van der Waals surface area contributed by atoms with E-state index in [1.54, 1.807) is 0 Å². The van der Waals surface area contributed by atoms with Crippen LogP contribution in [0.15, 0.2) is 24.3 Å². The maximum atomic E-state index is 11.9. The van der Waals surface area contributed by atoms with Gasteiger partial charge in [-0.3, -0.25) is 4.79 Å². The number of hydrogen-bond donors (Lipinski definition) is 0. The fourth-order valence-corrected chi connectivity index (χ4v) is 2.17. The van der Waals surface area contributed by atoms with E-state index in [0.29, 0.717) is 19.6 Å². The van der Waals surface area contributed by atoms with Crippen LogP contribution < -0.4 is 4.74 Å². The molecule has 18 heavy (non-hydrogen) atoms. The minimum absolute atomic E-state index is 0.0832. The van der Waals surface area contributed by atoms with Crippen LogP contribution in [0.1, 0.15) is 24.8 Å². The second-order valence-corrected chi connectivity index (χ2v) is 4.80. The van der Waals surface area contributed by atoms with Gasteiger partial charge in [0.2, 0.25) is 0 Å². The fourth-order valence-electron chi connectivity index (χ4n) is 2.17. The van der Waals surface area contributed by atoms with Gasteiger partial charge in [-0.1, -0.05) is 12.1 Å². The Morgan fingerprint density at radius 3 is 3.11 bits per heavy atom. The van der Waals surface area contributed by atoms with Crippen LogP contribution in [0.5, 0.6) is 5.75 Å². The molecule has 98 valence electrons. The van der Waals surface area contributed by atoms with Crippen molar-refractivity contribution < 1.29 is 14.3 Å². The number of Topliss-reactive ketones (excluding diaryl/α,β-unsaturated/α-hetero) is 1. The first-order valence-corrected chi connectivity index (χ1v) is 6.55. The summed E-state index contributed by atoms with van der Waals surface area (Å²) < 4.78 is 10.9. The molecule has 0 radical (unpaired) electrons. The van der Waals surface area contributed by atoms with Gasteiger partial charge in [0.05, 0.1) is 13.2 Å². The van der Waals surface area contributed by atoms with Crippen LogP contribution in [0, 0.1) is 12.8 Å². The van der Waals surface area contributed by atoms with Crippen molar-refractivity contribution in [3.05, 3.63) is 29.8 Å². The second-order valence-electron chi connectivity index (χ2n) is 4.80. The highest BCUT2D eigenvalue weighted by Crippen LogP contribution is 2.17. The van der Waals surface area contributed by atoms with E-state index in [4.69, 9.17) is 9.47 Å². The second kappa shape index (κ2) is 6.55. The summed E-state index contributed by atoms with van der Waals surface area (Å²) in [7, 11) is 0. The van der Waals surface area contributed by atoms with Gasteiger partial charge in [0.1, 0.15) is 11.5 Å². The SMILES string of the molecule is Cc1cccc(OCCC(=O)C2CCCOC2)c1. The minimum Gasteiger partial charge on any atom is -0.493 e. The summed E-state index contributed by atoms with van der Waals surface area (Å²) in [6.45, 7) is 3.86. The number of hydrogen-bond acceptors (Lipinski definition) is 3. The van der Waals surface area contributed by atoms with E-state index in [2.05, 4.69) is 0 Å². The summed E-state index contributed by atoms with van der Waals surface area (Å²) in [5, 5.41) is 0. The standard InChI is InChI=1S/C15H20O3/c1-12-4-2-6-14(10-12)18-9-7-15(16)13-5-3-8-17-11-13/h2,4,6,10,13H,3,5,7-9,11H2,1H3. The third kappa shape index (κ3) is 3.84. The van der Waals surface area contributed by atoms with E-state index in [1.807, 2.05) is 31.2 Å². The molecular formula is C15H20O3.